The molecule has 80 valence electrons. The molecule has 4 heteroatoms. The van der Waals surface area contributed by atoms with Gasteiger partial charge < -0.3 is 10.3 Å². The number of nitrogens with zero attached hydrogens (tertiary/aromatic N) is 2. The Bertz CT molecular complexity index is 356. The Balaban J connectivity index is 2.08. The summed E-state index contributed by atoms with van der Waals surface area (Å²) in [7, 11) is 0. The van der Waals surface area contributed by atoms with Gasteiger partial charge in [-0.2, -0.15) is 4.79 Å². The Hall–Kier alpha value is -1.41. The summed E-state index contributed by atoms with van der Waals surface area (Å²) in [4.78, 5) is 14.6. The van der Waals surface area contributed by atoms with Gasteiger partial charge in [-0.15, -0.1) is 0 Å². The Morgan fingerprint density at radius 1 is 1.67 bits per heavy atom. The molecule has 0 unspecified atom stereocenters. The fourth-order valence-electron chi connectivity index (χ4n) is 2.41. The van der Waals surface area contributed by atoms with Crippen LogP contribution in [0.2, 0.25) is 0 Å². The van der Waals surface area contributed by atoms with E-state index in [2.05, 4.69) is 16.9 Å². The number of hydrogen-bond donors (Lipinski definition) is 0. The number of allylic oxidation sites excluding steroid dienone is 2. The van der Waals surface area contributed by atoms with E-state index in [1.807, 2.05) is 0 Å². The minimum absolute atomic E-state index is 0.0767. The molecule has 2 rings (SSSR count). The smallest absolute Gasteiger partial charge is 0.417 e. The molecular formula is C11H14N2O2. The molecule has 0 radical (unpaired) electrons. The van der Waals surface area contributed by atoms with Crippen molar-refractivity contribution in [2.24, 2.45) is 17.8 Å². The van der Waals surface area contributed by atoms with Crippen LogP contribution in [0.25, 0.3) is 5.53 Å². The lowest BCUT2D eigenvalue weighted by Gasteiger charge is -1.97. The SMILES string of the molecule is CCOC(=O)C(=[N+]=[N-])[C@@H]1[C@H]2C=CCC[C@H]21. The fraction of sp³-hybridized carbons (Fsp3) is 0.636. The highest BCUT2D eigenvalue weighted by atomic mass is 16.5. The standard InChI is InChI=1S/C11H14N2O2/c1-2-15-11(14)10(13-12)9-7-5-3-4-6-8(7)9/h3,5,7-9H,2,4,6H2,1H3/t7-,8+,9+/m0/s1. The Morgan fingerprint density at radius 3 is 3.00 bits per heavy atom. The van der Waals surface area contributed by atoms with Crippen LogP contribution in [0, 0.1) is 17.8 Å². The molecule has 0 aromatic heterocycles. The highest BCUT2D eigenvalue weighted by Crippen LogP contribution is 2.53. The van der Waals surface area contributed by atoms with E-state index in [0.29, 0.717) is 18.4 Å². The van der Waals surface area contributed by atoms with Gasteiger partial charge in [-0.05, 0) is 31.6 Å². The van der Waals surface area contributed by atoms with Gasteiger partial charge in [0.25, 0.3) is 0 Å². The van der Waals surface area contributed by atoms with Gasteiger partial charge in [0.2, 0.25) is 0 Å². The number of fused-ring (bicyclic) bond motifs is 1. The average Bonchev–Trinajstić information content (AvgIpc) is 2.95. The van der Waals surface area contributed by atoms with Gasteiger partial charge >= 0.3 is 11.7 Å². The topological polar surface area (TPSA) is 62.7 Å². The van der Waals surface area contributed by atoms with Crippen molar-refractivity contribution < 1.29 is 14.3 Å². The van der Waals surface area contributed by atoms with Gasteiger partial charge in [0.05, 0.1) is 12.5 Å². The van der Waals surface area contributed by atoms with Crippen molar-refractivity contribution in [3.05, 3.63) is 17.7 Å². The number of carbonyl (C=O) groups is 1. The van der Waals surface area contributed by atoms with Gasteiger partial charge in [-0.25, -0.2) is 4.79 Å². The van der Waals surface area contributed by atoms with Gasteiger partial charge in [0, 0.05) is 0 Å². The van der Waals surface area contributed by atoms with Crippen molar-refractivity contribution in [1.29, 1.82) is 0 Å². The first-order chi connectivity index (χ1) is 7.29. The maximum absolute atomic E-state index is 11.5. The molecule has 2 aliphatic rings. The van der Waals surface area contributed by atoms with Gasteiger partial charge in [-0.1, -0.05) is 12.2 Å². The van der Waals surface area contributed by atoms with Crippen LogP contribution in [0.5, 0.6) is 0 Å². The normalized spacial score (nSPS) is 31.4. The lowest BCUT2D eigenvalue weighted by Crippen LogP contribution is -2.21. The van der Waals surface area contributed by atoms with E-state index >= 15 is 0 Å². The zero-order chi connectivity index (χ0) is 10.8. The van der Waals surface area contributed by atoms with Gasteiger partial charge in [0.15, 0.2) is 0 Å². The molecule has 15 heavy (non-hydrogen) atoms. The van der Waals surface area contributed by atoms with Crippen molar-refractivity contribution in [3.63, 3.8) is 0 Å². The summed E-state index contributed by atoms with van der Waals surface area (Å²) in [6, 6.07) is 0. The number of carbonyl (C=O) groups excluding carboxylic acids is 1. The molecule has 0 heterocycles. The van der Waals surface area contributed by atoms with Crippen LogP contribution < -0.4 is 0 Å². The molecule has 0 aromatic rings. The molecule has 0 N–H and O–H groups in total. The van der Waals surface area contributed by atoms with E-state index < -0.39 is 5.97 Å². The molecule has 0 amide bonds. The molecule has 0 saturated heterocycles. The van der Waals surface area contributed by atoms with Crippen molar-refractivity contribution in [2.75, 3.05) is 6.61 Å². The predicted molar refractivity (Wildman–Crippen MR) is 54.1 cm³/mol. The largest absolute Gasteiger partial charge is 0.457 e. The second-order valence-electron chi connectivity index (χ2n) is 3.98. The molecular weight excluding hydrogens is 192 g/mol. The number of esters is 1. The summed E-state index contributed by atoms with van der Waals surface area (Å²) in [5.74, 6) is 0.458. The highest BCUT2D eigenvalue weighted by Gasteiger charge is 2.58. The van der Waals surface area contributed by atoms with Crippen LogP contribution >= 0.6 is 0 Å². The second kappa shape index (κ2) is 3.99. The summed E-state index contributed by atoms with van der Waals surface area (Å²) in [6.45, 7) is 2.06. The first-order valence-electron chi connectivity index (χ1n) is 5.35. The van der Waals surface area contributed by atoms with Crippen molar-refractivity contribution >= 4 is 11.7 Å². The third-order valence-electron chi connectivity index (χ3n) is 3.16. The first-order valence-corrected chi connectivity index (χ1v) is 5.35. The molecule has 4 nitrogen and oxygen atoms in total. The van der Waals surface area contributed by atoms with E-state index in [-0.39, 0.29) is 11.6 Å². The van der Waals surface area contributed by atoms with Gasteiger partial charge in [0.1, 0.15) is 0 Å². The fourth-order valence-corrected chi connectivity index (χ4v) is 2.41. The number of rotatable bonds is 3. The molecule has 1 saturated carbocycles. The minimum atomic E-state index is -0.479. The van der Waals surface area contributed by atoms with Crippen molar-refractivity contribution in [2.45, 2.75) is 19.8 Å². The Morgan fingerprint density at radius 2 is 2.47 bits per heavy atom. The van der Waals surface area contributed by atoms with E-state index in [9.17, 15) is 4.79 Å². The number of hydrogen-bond acceptors (Lipinski definition) is 2. The molecule has 0 aliphatic heterocycles. The van der Waals surface area contributed by atoms with Gasteiger partial charge in [-0.3, -0.25) is 0 Å². The summed E-state index contributed by atoms with van der Waals surface area (Å²) in [5, 5.41) is 0. The summed E-state index contributed by atoms with van der Waals surface area (Å²) in [5.41, 5.74) is 9.04. The lowest BCUT2D eigenvalue weighted by molar-refractivity contribution is -0.140. The van der Waals surface area contributed by atoms with Crippen molar-refractivity contribution in [3.8, 4) is 0 Å². The molecule has 3 atom stereocenters. The molecule has 0 bridgehead atoms. The van der Waals surface area contributed by atoms with Crippen LogP contribution in [0.3, 0.4) is 0 Å². The Labute approximate surface area is 88.5 Å². The molecule has 1 fully saturated rings. The van der Waals surface area contributed by atoms with Crippen LogP contribution in [0.15, 0.2) is 12.2 Å². The zero-order valence-corrected chi connectivity index (χ0v) is 8.72. The molecule has 2 aliphatic carbocycles. The van der Waals surface area contributed by atoms with E-state index in [1.54, 1.807) is 6.92 Å². The minimum Gasteiger partial charge on any atom is -0.457 e. The van der Waals surface area contributed by atoms with E-state index in [1.165, 1.54) is 0 Å². The maximum atomic E-state index is 11.5. The van der Waals surface area contributed by atoms with Crippen LogP contribution in [-0.4, -0.2) is 23.1 Å². The van der Waals surface area contributed by atoms with E-state index in [0.717, 1.165) is 12.8 Å². The van der Waals surface area contributed by atoms with Crippen LogP contribution in [-0.2, 0) is 9.53 Å². The average molecular weight is 206 g/mol. The summed E-state index contributed by atoms with van der Waals surface area (Å²) in [6.07, 6.45) is 6.37. The predicted octanol–water partition coefficient (Wildman–Crippen LogP) is 1.43. The highest BCUT2D eigenvalue weighted by molar-refractivity contribution is 6.35. The lowest BCUT2D eigenvalue weighted by atomic mass is 10.1. The Kier molecular flexibility index (Phi) is 2.69. The van der Waals surface area contributed by atoms with Crippen molar-refractivity contribution in [1.82, 2.24) is 0 Å². The molecule has 0 spiro atoms. The summed E-state index contributed by atoms with van der Waals surface area (Å²) >= 11 is 0. The monoisotopic (exact) mass is 206 g/mol. The zero-order valence-electron chi connectivity index (χ0n) is 8.72. The quantitative estimate of drug-likeness (QED) is 0.230. The van der Waals surface area contributed by atoms with E-state index in [4.69, 9.17) is 10.3 Å². The maximum Gasteiger partial charge on any atom is 0.417 e. The van der Waals surface area contributed by atoms with Crippen LogP contribution in [0.1, 0.15) is 19.8 Å². The second-order valence-corrected chi connectivity index (χ2v) is 3.98. The summed E-state index contributed by atoms with van der Waals surface area (Å²) < 4.78 is 4.85. The number of ether oxygens (including phenoxy) is 1. The third-order valence-corrected chi connectivity index (χ3v) is 3.16. The third kappa shape index (κ3) is 1.73. The van der Waals surface area contributed by atoms with Crippen LogP contribution in [0.4, 0.5) is 0 Å². The first kappa shape index (κ1) is 10.1. The molecule has 0 aromatic carbocycles.